The Kier molecular flexibility index (Phi) is 15.5. The molecule has 60 heavy (non-hydrogen) atoms. The molecule has 2 saturated carbocycles. The number of nitrogens with one attached hydrogen (secondary N) is 2. The van der Waals surface area contributed by atoms with Gasteiger partial charge in [-0.15, -0.1) is 0 Å². The van der Waals surface area contributed by atoms with Crippen LogP contribution in [-0.4, -0.2) is 122 Å². The van der Waals surface area contributed by atoms with E-state index in [1.807, 2.05) is 40.5 Å². The van der Waals surface area contributed by atoms with Crippen molar-refractivity contribution in [2.45, 2.75) is 120 Å². The molecule has 20 heteroatoms. The van der Waals surface area contributed by atoms with Crippen LogP contribution in [0.2, 0.25) is 0 Å². The molecule has 320 valence electrons. The number of rotatable bonds is 7. The highest BCUT2D eigenvalue weighted by molar-refractivity contribution is 9.08. The highest BCUT2D eigenvalue weighted by atomic mass is 79.9. The Morgan fingerprint density at radius 1 is 0.617 bits per heavy atom. The second kappa shape index (κ2) is 18.5. The summed E-state index contributed by atoms with van der Waals surface area (Å²) in [6.07, 6.45) is -2.34. The molecule has 0 atom stereocenters. The van der Waals surface area contributed by atoms with Crippen molar-refractivity contribution in [3.8, 4) is 0 Å². The molecule has 2 aliphatic carbocycles. The minimum atomic E-state index is -2.83. The van der Waals surface area contributed by atoms with Gasteiger partial charge in [0.05, 0.1) is 24.3 Å². The molecule has 0 aromatic heterocycles. The number of alkyl halides is 5. The Bertz CT molecular complexity index is 1920. The SMILES string of the molecule is CBr.CC1(C)OB(c2ccc(C(=O)CN3C(=O)NC4(CCC(F)(F)CC4)C3=O)cc2)OC1(C)C.Cc1ccc(C(=O)CN2C(=O)NC3(CCC(F)(F)CC3)C2=O)cc1.[B].[B]. The lowest BCUT2D eigenvalue weighted by Crippen LogP contribution is -2.51. The molecule has 2 aromatic carbocycles. The lowest BCUT2D eigenvalue weighted by Gasteiger charge is -2.34. The minimum absolute atomic E-state index is 0. The van der Waals surface area contributed by atoms with E-state index in [0.29, 0.717) is 11.1 Å². The fourth-order valence-corrected chi connectivity index (χ4v) is 7.42. The van der Waals surface area contributed by atoms with Crippen LogP contribution >= 0.6 is 15.9 Å². The van der Waals surface area contributed by atoms with E-state index in [9.17, 15) is 46.3 Å². The van der Waals surface area contributed by atoms with Crippen LogP contribution in [0.25, 0.3) is 0 Å². The molecule has 12 nitrogen and oxygen atoms in total. The van der Waals surface area contributed by atoms with E-state index in [4.69, 9.17) is 9.31 Å². The predicted molar refractivity (Wildman–Crippen MR) is 221 cm³/mol. The van der Waals surface area contributed by atoms with Crippen LogP contribution in [0, 0.1) is 6.92 Å². The van der Waals surface area contributed by atoms with Crippen molar-refractivity contribution in [3.63, 3.8) is 0 Å². The Labute approximate surface area is 360 Å². The molecule has 6 radical (unpaired) electrons. The summed E-state index contributed by atoms with van der Waals surface area (Å²) in [6, 6.07) is 12.0. The topological polar surface area (TPSA) is 151 Å². The number of hydrogen-bond acceptors (Lipinski definition) is 8. The zero-order chi connectivity index (χ0) is 43.1. The Morgan fingerprint density at radius 2 is 0.933 bits per heavy atom. The Balaban J connectivity index is 0.000000308. The third kappa shape index (κ3) is 10.3. The van der Waals surface area contributed by atoms with Gasteiger partial charge in [-0.3, -0.25) is 29.0 Å². The molecule has 3 heterocycles. The van der Waals surface area contributed by atoms with Gasteiger partial charge in [0.1, 0.15) is 11.1 Å². The van der Waals surface area contributed by atoms with Crippen LogP contribution in [0.5, 0.6) is 0 Å². The van der Waals surface area contributed by atoms with Crippen molar-refractivity contribution in [2.75, 3.05) is 18.9 Å². The summed E-state index contributed by atoms with van der Waals surface area (Å²) in [4.78, 5) is 76.6. The molecule has 3 aliphatic heterocycles. The maximum atomic E-state index is 13.5. The summed E-state index contributed by atoms with van der Waals surface area (Å²) >= 11 is 2.94. The fraction of sp³-hybridized carbons (Fsp3) is 0.550. The minimum Gasteiger partial charge on any atom is -0.399 e. The van der Waals surface area contributed by atoms with E-state index in [1.165, 1.54) is 0 Å². The Hall–Kier alpha value is -4.03. The van der Waals surface area contributed by atoms with Crippen LogP contribution in [-0.2, 0) is 18.9 Å². The van der Waals surface area contributed by atoms with Gasteiger partial charge in [-0.05, 0) is 71.6 Å². The van der Waals surface area contributed by atoms with Crippen LogP contribution in [0.15, 0.2) is 48.5 Å². The lowest BCUT2D eigenvalue weighted by atomic mass is 9.78. The maximum absolute atomic E-state index is 13.5. The maximum Gasteiger partial charge on any atom is 0.494 e. The summed E-state index contributed by atoms with van der Waals surface area (Å²) in [6.45, 7) is 8.84. The van der Waals surface area contributed by atoms with Crippen LogP contribution in [0.3, 0.4) is 0 Å². The van der Waals surface area contributed by atoms with Crippen molar-refractivity contribution < 1.29 is 55.6 Å². The number of carbonyl (C=O) groups is 6. The standard InChI is InChI=1S/C22H27BF2N2O5.C17H18F2N2O3.CH3Br.2B/c1-19(2)20(3,4)32-23(31-19)15-7-5-14(6-8-15)16(28)13-27-17(29)21(26-18(27)30)9-11-22(24,25)12-10-21;1-11-2-4-12(5-3-11)13(22)10-21-14(23)16(20-15(21)24)6-8-17(18,19)9-7-16;1-2;;/h5-8H,9-13H2,1-4H3,(H,26,30);2-5H,6-10H2,1H3,(H,20,24);1H3;;. The van der Waals surface area contributed by atoms with Crippen LogP contribution < -0.4 is 16.1 Å². The molecule has 6 amide bonds. The summed E-state index contributed by atoms with van der Waals surface area (Å²) in [7, 11) is -0.570. The van der Waals surface area contributed by atoms with E-state index < -0.39 is 103 Å². The first-order valence-electron chi connectivity index (χ1n) is 19.0. The van der Waals surface area contributed by atoms with E-state index in [2.05, 4.69) is 26.6 Å². The van der Waals surface area contributed by atoms with Crippen molar-refractivity contribution in [2.24, 2.45) is 0 Å². The van der Waals surface area contributed by atoms with Gasteiger partial charge < -0.3 is 19.9 Å². The summed E-state index contributed by atoms with van der Waals surface area (Å²) in [5.74, 6) is -5.81. The highest BCUT2D eigenvalue weighted by Gasteiger charge is 2.57. The molecular formula is C40H48B3BrF4N4O8. The van der Waals surface area contributed by atoms with Gasteiger partial charge in [0, 0.05) is 53.6 Å². The second-order valence-corrected chi connectivity index (χ2v) is 16.4. The number of carbonyl (C=O) groups excluding carboxylic acids is 6. The van der Waals surface area contributed by atoms with E-state index in [-0.39, 0.29) is 54.8 Å². The summed E-state index contributed by atoms with van der Waals surface area (Å²) in [5.41, 5.74) is -1.14. The molecule has 2 N–H and O–H groups in total. The van der Waals surface area contributed by atoms with Gasteiger partial charge >= 0.3 is 19.2 Å². The molecule has 0 bridgehead atoms. The third-order valence-electron chi connectivity index (χ3n) is 11.9. The lowest BCUT2D eigenvalue weighted by molar-refractivity contribution is -0.136. The molecule has 5 aliphatic rings. The summed E-state index contributed by atoms with van der Waals surface area (Å²) < 4.78 is 65.7. The average Bonchev–Trinajstić information content (AvgIpc) is 3.65. The number of hydrogen-bond donors (Lipinski definition) is 2. The van der Waals surface area contributed by atoms with E-state index >= 15 is 0 Å². The summed E-state index contributed by atoms with van der Waals surface area (Å²) in [5, 5.41) is 5.07. The van der Waals surface area contributed by atoms with Crippen molar-refractivity contribution in [1.29, 1.82) is 0 Å². The average molecular weight is 901 g/mol. The number of aryl methyl sites for hydroxylation is 1. The monoisotopic (exact) mass is 900 g/mol. The number of benzene rings is 2. The largest absolute Gasteiger partial charge is 0.494 e. The van der Waals surface area contributed by atoms with Gasteiger partial charge in [0.25, 0.3) is 11.8 Å². The number of ketones is 2. The molecule has 7 rings (SSSR count). The highest BCUT2D eigenvalue weighted by Crippen LogP contribution is 2.43. The normalized spacial score (nSPS) is 22.4. The number of halogens is 5. The predicted octanol–water partition coefficient (Wildman–Crippen LogP) is 5.60. The first-order valence-corrected chi connectivity index (χ1v) is 20.6. The van der Waals surface area contributed by atoms with Crippen molar-refractivity contribution in [3.05, 3.63) is 65.2 Å². The van der Waals surface area contributed by atoms with Gasteiger partial charge in [-0.25, -0.2) is 27.2 Å². The van der Waals surface area contributed by atoms with Gasteiger partial charge in [-0.1, -0.05) is 70.0 Å². The number of urea groups is 2. The van der Waals surface area contributed by atoms with Gasteiger partial charge in [0.2, 0.25) is 11.8 Å². The fourth-order valence-electron chi connectivity index (χ4n) is 7.42. The smallest absolute Gasteiger partial charge is 0.399 e. The molecule has 0 unspecified atom stereocenters. The van der Waals surface area contributed by atoms with Crippen LogP contribution in [0.1, 0.15) is 105 Å². The van der Waals surface area contributed by atoms with Gasteiger partial charge in [-0.2, -0.15) is 0 Å². The zero-order valence-electron chi connectivity index (χ0n) is 34.5. The van der Waals surface area contributed by atoms with Crippen molar-refractivity contribution in [1.82, 2.24) is 20.4 Å². The molecule has 2 spiro atoms. The molecular weight excluding hydrogens is 853 g/mol. The van der Waals surface area contributed by atoms with Crippen LogP contribution in [0.4, 0.5) is 27.2 Å². The van der Waals surface area contributed by atoms with E-state index in [1.54, 1.807) is 48.5 Å². The van der Waals surface area contributed by atoms with Crippen molar-refractivity contribution >= 4 is 80.8 Å². The number of nitrogens with zero attached hydrogens (tertiary/aromatic N) is 2. The zero-order valence-corrected chi connectivity index (χ0v) is 36.1. The molecule has 5 fully saturated rings. The first-order chi connectivity index (χ1) is 27.0. The van der Waals surface area contributed by atoms with Gasteiger partial charge in [0.15, 0.2) is 11.6 Å². The quantitative estimate of drug-likeness (QED) is 0.120. The second-order valence-electron chi connectivity index (χ2n) is 16.4. The van der Waals surface area contributed by atoms with E-state index in [0.717, 1.165) is 20.8 Å². The number of amides is 6. The first kappa shape index (κ1) is 50.3. The third-order valence-corrected chi connectivity index (χ3v) is 11.9. The number of imide groups is 2. The molecule has 3 saturated heterocycles. The molecule has 2 aromatic rings. The number of Topliss-reactive ketones (excluding diaryl/α,β-unsaturated/α-hetero) is 2. The Morgan fingerprint density at radius 3 is 1.27 bits per heavy atom.